The number of fused-ring (bicyclic) bond motifs is 1. The maximum atomic E-state index is 7.82. The second-order valence-electron chi connectivity index (χ2n) is 4.01. The number of rotatable bonds is 2. The Balaban J connectivity index is 2.07. The highest BCUT2D eigenvalue weighted by molar-refractivity contribution is 5.84. The molecule has 0 aliphatic carbocycles. The first-order chi connectivity index (χ1) is 8.34. The Hall–Kier alpha value is -2.29. The lowest BCUT2D eigenvalue weighted by Gasteiger charge is -2.02. The zero-order chi connectivity index (χ0) is 11.7. The molecule has 3 aromatic rings. The lowest BCUT2D eigenvalue weighted by atomic mass is 10.2. The molecule has 0 bridgehead atoms. The minimum absolute atomic E-state index is 0.344. The largest absolute Gasteiger partial charge is 0.577 e. The van der Waals surface area contributed by atoms with Crippen molar-refractivity contribution < 1.29 is 5.11 Å². The van der Waals surface area contributed by atoms with E-state index in [1.807, 2.05) is 47.1 Å². The molecule has 0 unspecified atom stereocenters. The molecule has 0 fully saturated rings. The normalized spacial score (nSPS) is 10.8. The molecule has 3 rings (SSSR count). The average molecular weight is 225 g/mol. The Morgan fingerprint density at radius 1 is 0.941 bits per heavy atom. The van der Waals surface area contributed by atoms with E-state index in [0.29, 0.717) is 12.4 Å². The molecule has 0 radical (unpaired) electrons. The second-order valence-corrected chi connectivity index (χ2v) is 4.01. The van der Waals surface area contributed by atoms with Gasteiger partial charge in [-0.1, -0.05) is 47.6 Å². The van der Waals surface area contributed by atoms with Gasteiger partial charge < -0.3 is 5.11 Å². The van der Waals surface area contributed by atoms with Gasteiger partial charge in [0.25, 0.3) is 0 Å². The quantitative estimate of drug-likeness (QED) is 0.618. The number of benzene rings is 2. The SMILES string of the molecule is [OH2+]c1nn(Cc2ccccc2)c2ccccc12. The number of nitrogens with zero attached hydrogens (tertiary/aromatic N) is 2. The summed E-state index contributed by atoms with van der Waals surface area (Å²) in [6.07, 6.45) is 0. The summed E-state index contributed by atoms with van der Waals surface area (Å²) in [5.74, 6) is 0.344. The van der Waals surface area contributed by atoms with Crippen LogP contribution in [0.3, 0.4) is 0 Å². The third-order valence-corrected chi connectivity index (χ3v) is 2.83. The van der Waals surface area contributed by atoms with Gasteiger partial charge in [-0.15, -0.1) is 0 Å². The van der Waals surface area contributed by atoms with Gasteiger partial charge in [-0.05, 0) is 17.7 Å². The predicted molar refractivity (Wildman–Crippen MR) is 68.3 cm³/mol. The predicted octanol–water partition coefficient (Wildman–Crippen LogP) is 2.52. The molecular formula is C14H13N2O+. The molecule has 0 atom stereocenters. The molecular weight excluding hydrogens is 212 g/mol. The van der Waals surface area contributed by atoms with E-state index in [9.17, 15) is 0 Å². The summed E-state index contributed by atoms with van der Waals surface area (Å²) in [7, 11) is 0. The number of hydrogen-bond acceptors (Lipinski definition) is 1. The van der Waals surface area contributed by atoms with Gasteiger partial charge in [0.1, 0.15) is 5.39 Å². The van der Waals surface area contributed by atoms with E-state index in [4.69, 9.17) is 5.11 Å². The fourth-order valence-corrected chi connectivity index (χ4v) is 2.00. The summed E-state index contributed by atoms with van der Waals surface area (Å²) in [5.41, 5.74) is 2.21. The molecule has 1 aromatic heterocycles. The van der Waals surface area contributed by atoms with Crippen LogP contribution in [0.15, 0.2) is 54.6 Å². The Labute approximate surface area is 98.9 Å². The first-order valence-electron chi connectivity index (χ1n) is 5.56. The number of para-hydroxylation sites is 1. The zero-order valence-electron chi connectivity index (χ0n) is 9.30. The smallest absolute Gasteiger partial charge is 0.383 e. The standard InChI is InChI=1S/C14H12N2O/c17-14-12-8-4-5-9-13(12)16(15-14)10-11-6-2-1-3-7-11/h1-9H,10H2,(H,15,17)/p+1. The fourth-order valence-electron chi connectivity index (χ4n) is 2.00. The summed E-state index contributed by atoms with van der Waals surface area (Å²) in [6, 6.07) is 18.0. The Kier molecular flexibility index (Phi) is 2.29. The van der Waals surface area contributed by atoms with Crippen LogP contribution in [0.1, 0.15) is 5.56 Å². The van der Waals surface area contributed by atoms with Gasteiger partial charge in [0.05, 0.1) is 12.1 Å². The molecule has 1 heterocycles. The molecule has 0 saturated carbocycles. The first-order valence-corrected chi connectivity index (χ1v) is 5.56. The van der Waals surface area contributed by atoms with Gasteiger partial charge in [-0.25, -0.2) is 0 Å². The van der Waals surface area contributed by atoms with Gasteiger partial charge in [-0.3, -0.25) is 4.68 Å². The molecule has 3 nitrogen and oxygen atoms in total. The number of hydrogen-bond donors (Lipinski definition) is 0. The molecule has 2 N–H and O–H groups in total. The Morgan fingerprint density at radius 2 is 1.65 bits per heavy atom. The van der Waals surface area contributed by atoms with Gasteiger partial charge >= 0.3 is 5.88 Å². The highest BCUT2D eigenvalue weighted by Gasteiger charge is 2.11. The fraction of sp³-hybridized carbons (Fsp3) is 0.0714. The van der Waals surface area contributed by atoms with Crippen LogP contribution in [0.2, 0.25) is 0 Å². The number of aromatic nitrogens is 2. The first kappa shape index (κ1) is 9.90. The van der Waals surface area contributed by atoms with Crippen molar-refractivity contribution in [3.05, 3.63) is 60.2 Å². The van der Waals surface area contributed by atoms with Crippen molar-refractivity contribution in [1.82, 2.24) is 9.78 Å². The lowest BCUT2D eigenvalue weighted by molar-refractivity contribution is 0.446. The monoisotopic (exact) mass is 225 g/mol. The molecule has 17 heavy (non-hydrogen) atoms. The van der Waals surface area contributed by atoms with Crippen LogP contribution in [-0.2, 0) is 6.54 Å². The van der Waals surface area contributed by atoms with E-state index >= 15 is 0 Å². The van der Waals surface area contributed by atoms with Crippen LogP contribution in [-0.4, -0.2) is 14.9 Å². The Morgan fingerprint density at radius 3 is 2.47 bits per heavy atom. The molecule has 84 valence electrons. The highest BCUT2D eigenvalue weighted by Crippen LogP contribution is 2.23. The van der Waals surface area contributed by atoms with Crippen molar-refractivity contribution in [3.8, 4) is 5.88 Å². The van der Waals surface area contributed by atoms with Crippen LogP contribution < -0.4 is 0 Å². The van der Waals surface area contributed by atoms with E-state index in [1.54, 1.807) is 0 Å². The summed E-state index contributed by atoms with van der Waals surface area (Å²) in [5, 5.41) is 13.0. The minimum atomic E-state index is 0.344. The van der Waals surface area contributed by atoms with E-state index < -0.39 is 0 Å². The van der Waals surface area contributed by atoms with Gasteiger partial charge in [0, 0.05) is 0 Å². The van der Waals surface area contributed by atoms with Gasteiger partial charge in [-0.2, -0.15) is 0 Å². The van der Waals surface area contributed by atoms with E-state index in [1.165, 1.54) is 5.56 Å². The third kappa shape index (κ3) is 1.76. The van der Waals surface area contributed by atoms with Crippen molar-refractivity contribution >= 4 is 10.9 Å². The van der Waals surface area contributed by atoms with Crippen molar-refractivity contribution in [1.29, 1.82) is 0 Å². The average Bonchev–Trinajstić information content (AvgIpc) is 2.69. The molecule has 2 aromatic carbocycles. The maximum Gasteiger partial charge on any atom is 0.383 e. The third-order valence-electron chi connectivity index (χ3n) is 2.83. The summed E-state index contributed by atoms with van der Waals surface area (Å²) < 4.78 is 1.88. The van der Waals surface area contributed by atoms with Crippen molar-refractivity contribution in [2.75, 3.05) is 0 Å². The van der Waals surface area contributed by atoms with Crippen LogP contribution in [0.25, 0.3) is 10.9 Å². The van der Waals surface area contributed by atoms with Crippen molar-refractivity contribution in [2.24, 2.45) is 0 Å². The van der Waals surface area contributed by atoms with E-state index in [0.717, 1.165) is 10.9 Å². The van der Waals surface area contributed by atoms with Crippen molar-refractivity contribution in [2.45, 2.75) is 6.54 Å². The molecule has 0 spiro atoms. The van der Waals surface area contributed by atoms with Gasteiger partial charge in [0.15, 0.2) is 0 Å². The topological polar surface area (TPSA) is 40.7 Å². The van der Waals surface area contributed by atoms with Crippen molar-refractivity contribution in [3.63, 3.8) is 0 Å². The summed E-state index contributed by atoms with van der Waals surface area (Å²) in [4.78, 5) is 0. The van der Waals surface area contributed by atoms with Gasteiger partial charge in [0.2, 0.25) is 0 Å². The minimum Gasteiger partial charge on any atom is -0.577 e. The molecule has 0 saturated heterocycles. The van der Waals surface area contributed by atoms with E-state index in [-0.39, 0.29) is 0 Å². The zero-order valence-corrected chi connectivity index (χ0v) is 9.30. The summed E-state index contributed by atoms with van der Waals surface area (Å²) >= 11 is 0. The van der Waals surface area contributed by atoms with Crippen LogP contribution >= 0.6 is 0 Å². The molecule has 0 aliphatic rings. The Bertz CT molecular complexity index is 644. The lowest BCUT2D eigenvalue weighted by Crippen LogP contribution is -2.00. The van der Waals surface area contributed by atoms with E-state index in [2.05, 4.69) is 17.2 Å². The second kappa shape index (κ2) is 3.94. The summed E-state index contributed by atoms with van der Waals surface area (Å²) in [6.45, 7) is 0.709. The molecule has 0 aliphatic heterocycles. The maximum absolute atomic E-state index is 7.82. The van der Waals surface area contributed by atoms with Crippen LogP contribution in [0, 0.1) is 0 Å². The van der Waals surface area contributed by atoms with Crippen LogP contribution in [0.5, 0.6) is 5.88 Å². The highest BCUT2D eigenvalue weighted by atomic mass is 16.3. The molecule has 3 heteroatoms. The van der Waals surface area contributed by atoms with Crippen LogP contribution in [0.4, 0.5) is 0 Å². The molecule has 0 amide bonds.